The molecule has 1 aromatic heterocycles. The zero-order valence-electron chi connectivity index (χ0n) is 19.3. The number of benzene rings is 3. The number of thioether (sulfide) groups is 1. The number of amides is 2. The van der Waals surface area contributed by atoms with E-state index in [0.29, 0.717) is 50.9 Å². The van der Waals surface area contributed by atoms with Gasteiger partial charge < -0.3 is 10.2 Å². The van der Waals surface area contributed by atoms with Gasteiger partial charge in [-0.3, -0.25) is 19.0 Å². The van der Waals surface area contributed by atoms with Gasteiger partial charge in [-0.1, -0.05) is 12.1 Å². The minimum Gasteiger partial charge on any atom is -0.324 e. The lowest BCUT2D eigenvalue weighted by atomic mass is 10.1. The second-order valence-electron chi connectivity index (χ2n) is 8.33. The molecule has 3 aromatic carbocycles. The molecule has 0 spiro atoms. The van der Waals surface area contributed by atoms with Crippen molar-refractivity contribution in [2.45, 2.75) is 13.0 Å². The van der Waals surface area contributed by atoms with Crippen molar-refractivity contribution in [2.24, 2.45) is 0 Å². The number of aromatic nitrogens is 2. The Balaban J connectivity index is 1.36. The Hall–Kier alpha value is -4.42. The molecule has 4 aromatic rings. The van der Waals surface area contributed by atoms with Gasteiger partial charge in [-0.05, 0) is 67.6 Å². The maximum atomic E-state index is 13.3. The van der Waals surface area contributed by atoms with Crippen LogP contribution in [0.25, 0.3) is 16.6 Å². The zero-order valence-corrected chi connectivity index (χ0v) is 20.2. The van der Waals surface area contributed by atoms with E-state index in [4.69, 9.17) is 5.26 Å². The van der Waals surface area contributed by atoms with Crippen LogP contribution in [0.3, 0.4) is 0 Å². The summed E-state index contributed by atoms with van der Waals surface area (Å²) in [5.74, 6) is 0.905. The highest BCUT2D eigenvalue weighted by Crippen LogP contribution is 2.25. The SMILES string of the molecule is Cc1nc2ccccc2c(=O)n1-c1ccc(C(=O)N2CSCC2C(=O)Nc2ccc(C#N)cc2)cc1. The van der Waals surface area contributed by atoms with Crippen LogP contribution in [0.15, 0.2) is 77.6 Å². The van der Waals surface area contributed by atoms with Gasteiger partial charge in [0, 0.05) is 17.0 Å². The van der Waals surface area contributed by atoms with E-state index in [2.05, 4.69) is 10.3 Å². The molecule has 1 N–H and O–H groups in total. The number of nitriles is 1. The monoisotopic (exact) mass is 495 g/mol. The van der Waals surface area contributed by atoms with Crippen molar-refractivity contribution in [1.29, 1.82) is 5.26 Å². The van der Waals surface area contributed by atoms with Gasteiger partial charge in [0.15, 0.2) is 0 Å². The van der Waals surface area contributed by atoms with E-state index in [1.807, 2.05) is 12.1 Å². The maximum absolute atomic E-state index is 13.3. The predicted octanol–water partition coefficient (Wildman–Crippen LogP) is 3.72. The maximum Gasteiger partial charge on any atom is 0.265 e. The van der Waals surface area contributed by atoms with Gasteiger partial charge >= 0.3 is 0 Å². The highest BCUT2D eigenvalue weighted by molar-refractivity contribution is 7.99. The molecular weight excluding hydrogens is 474 g/mol. The van der Waals surface area contributed by atoms with Crippen molar-refractivity contribution in [3.05, 3.63) is 100 Å². The molecule has 8 nitrogen and oxygen atoms in total. The Kier molecular flexibility index (Phi) is 6.27. The van der Waals surface area contributed by atoms with E-state index in [1.165, 1.54) is 16.3 Å². The summed E-state index contributed by atoms with van der Waals surface area (Å²) < 4.78 is 1.52. The van der Waals surface area contributed by atoms with Crippen LogP contribution in [-0.2, 0) is 4.79 Å². The summed E-state index contributed by atoms with van der Waals surface area (Å²) in [5.41, 5.74) is 2.57. The van der Waals surface area contributed by atoms with Crippen molar-refractivity contribution < 1.29 is 9.59 Å². The number of carbonyl (C=O) groups excluding carboxylic acids is 2. The van der Waals surface area contributed by atoms with Gasteiger partial charge in [-0.25, -0.2) is 4.98 Å². The molecule has 9 heteroatoms. The molecule has 2 amide bonds. The number of anilines is 1. The van der Waals surface area contributed by atoms with Crippen LogP contribution < -0.4 is 10.9 Å². The molecule has 178 valence electrons. The van der Waals surface area contributed by atoms with Crippen molar-refractivity contribution in [3.8, 4) is 11.8 Å². The van der Waals surface area contributed by atoms with Crippen LogP contribution in [0.1, 0.15) is 21.7 Å². The lowest BCUT2D eigenvalue weighted by Gasteiger charge is -2.23. The second kappa shape index (κ2) is 9.68. The predicted molar refractivity (Wildman–Crippen MR) is 139 cm³/mol. The second-order valence-corrected chi connectivity index (χ2v) is 9.33. The quantitative estimate of drug-likeness (QED) is 0.462. The molecule has 0 bridgehead atoms. The molecule has 1 saturated heterocycles. The summed E-state index contributed by atoms with van der Waals surface area (Å²) in [5, 5.41) is 12.3. The molecule has 0 aliphatic carbocycles. The van der Waals surface area contributed by atoms with E-state index in [-0.39, 0.29) is 17.4 Å². The highest BCUT2D eigenvalue weighted by atomic mass is 32.2. The minimum absolute atomic E-state index is 0.173. The lowest BCUT2D eigenvalue weighted by Crippen LogP contribution is -2.44. The lowest BCUT2D eigenvalue weighted by molar-refractivity contribution is -0.119. The first-order valence-corrected chi connectivity index (χ1v) is 12.4. The van der Waals surface area contributed by atoms with Crippen molar-refractivity contribution in [1.82, 2.24) is 14.5 Å². The van der Waals surface area contributed by atoms with E-state index in [9.17, 15) is 14.4 Å². The van der Waals surface area contributed by atoms with Crippen LogP contribution >= 0.6 is 11.8 Å². The smallest absolute Gasteiger partial charge is 0.265 e. The van der Waals surface area contributed by atoms with Gasteiger partial charge in [-0.15, -0.1) is 11.8 Å². The molecule has 0 saturated carbocycles. The van der Waals surface area contributed by atoms with Gasteiger partial charge in [0.2, 0.25) is 5.91 Å². The van der Waals surface area contributed by atoms with Crippen molar-refractivity contribution in [2.75, 3.05) is 16.9 Å². The Morgan fingerprint density at radius 1 is 1.06 bits per heavy atom. The Labute approximate surface area is 211 Å². The van der Waals surface area contributed by atoms with Crippen LogP contribution in [0.2, 0.25) is 0 Å². The number of hydrogen-bond donors (Lipinski definition) is 1. The van der Waals surface area contributed by atoms with E-state index in [0.717, 1.165) is 0 Å². The van der Waals surface area contributed by atoms with Crippen LogP contribution in [-0.4, -0.2) is 43.9 Å². The number of para-hydroxylation sites is 1. The van der Waals surface area contributed by atoms with E-state index >= 15 is 0 Å². The summed E-state index contributed by atoms with van der Waals surface area (Å²) in [6.45, 7) is 1.77. The van der Waals surface area contributed by atoms with Crippen LogP contribution in [0.4, 0.5) is 5.69 Å². The molecule has 1 unspecified atom stereocenters. The molecule has 36 heavy (non-hydrogen) atoms. The van der Waals surface area contributed by atoms with Gasteiger partial charge in [-0.2, -0.15) is 5.26 Å². The Bertz CT molecular complexity index is 1570. The summed E-state index contributed by atoms with van der Waals surface area (Å²) in [7, 11) is 0. The Morgan fingerprint density at radius 3 is 2.50 bits per heavy atom. The average molecular weight is 496 g/mol. The fraction of sp³-hybridized carbons (Fsp3) is 0.148. The molecular formula is C27H21N5O3S. The summed E-state index contributed by atoms with van der Waals surface area (Å²) in [6.07, 6.45) is 0. The molecule has 0 radical (unpaired) electrons. The summed E-state index contributed by atoms with van der Waals surface area (Å²) in [4.78, 5) is 45.3. The van der Waals surface area contributed by atoms with Crippen molar-refractivity contribution in [3.63, 3.8) is 0 Å². The van der Waals surface area contributed by atoms with Crippen molar-refractivity contribution >= 4 is 40.2 Å². The number of nitrogens with one attached hydrogen (secondary N) is 1. The number of carbonyl (C=O) groups is 2. The normalized spacial score (nSPS) is 15.0. The highest BCUT2D eigenvalue weighted by Gasteiger charge is 2.35. The molecule has 1 fully saturated rings. The third-order valence-electron chi connectivity index (χ3n) is 6.04. The number of hydrogen-bond acceptors (Lipinski definition) is 6. The molecule has 2 heterocycles. The van der Waals surface area contributed by atoms with Crippen LogP contribution in [0.5, 0.6) is 0 Å². The zero-order chi connectivity index (χ0) is 25.2. The van der Waals surface area contributed by atoms with E-state index in [1.54, 1.807) is 78.6 Å². The van der Waals surface area contributed by atoms with Gasteiger partial charge in [0.25, 0.3) is 11.5 Å². The summed E-state index contributed by atoms with van der Waals surface area (Å²) >= 11 is 1.51. The first-order valence-electron chi connectivity index (χ1n) is 11.2. The molecule has 1 aliphatic heterocycles. The molecule has 5 rings (SSSR count). The van der Waals surface area contributed by atoms with E-state index < -0.39 is 6.04 Å². The molecule has 1 aliphatic rings. The first kappa shape index (κ1) is 23.3. The third-order valence-corrected chi connectivity index (χ3v) is 7.06. The minimum atomic E-state index is -0.618. The molecule has 1 atom stereocenters. The van der Waals surface area contributed by atoms with Crippen LogP contribution in [0, 0.1) is 18.3 Å². The third kappa shape index (κ3) is 4.34. The standard InChI is InChI=1S/C27H21N5O3S/c1-17-29-23-5-3-2-4-22(23)27(35)32(17)21-12-8-19(9-13-21)26(34)31-16-36-15-24(31)25(33)30-20-10-6-18(14-28)7-11-20/h2-13,24H,15-16H2,1H3,(H,30,33). The fourth-order valence-corrected chi connectivity index (χ4v) is 5.33. The first-order chi connectivity index (χ1) is 17.5. The summed E-state index contributed by atoms with van der Waals surface area (Å²) in [6, 6.07) is 21.9. The number of aryl methyl sites for hydroxylation is 1. The largest absolute Gasteiger partial charge is 0.324 e. The number of fused-ring (bicyclic) bond motifs is 1. The topological polar surface area (TPSA) is 108 Å². The fourth-order valence-electron chi connectivity index (χ4n) is 4.18. The Morgan fingerprint density at radius 2 is 1.78 bits per heavy atom. The van der Waals surface area contributed by atoms with Gasteiger partial charge in [0.1, 0.15) is 11.9 Å². The number of nitrogens with zero attached hydrogens (tertiary/aromatic N) is 4. The average Bonchev–Trinajstić information content (AvgIpc) is 3.39. The van der Waals surface area contributed by atoms with Gasteiger partial charge in [0.05, 0.1) is 34.1 Å². The number of rotatable bonds is 4.